The first-order chi connectivity index (χ1) is 49.8. The van der Waals surface area contributed by atoms with Gasteiger partial charge >= 0.3 is 17.9 Å². The molecule has 0 aliphatic carbocycles. The summed E-state index contributed by atoms with van der Waals surface area (Å²) in [5.41, 5.74) is 18.4. The van der Waals surface area contributed by atoms with E-state index in [2.05, 4.69) is 52.5 Å². The molecule has 1 fully saturated rings. The Balaban J connectivity index is 1.26. The van der Waals surface area contributed by atoms with Crippen LogP contribution in [-0.4, -0.2) is 285 Å². The molecule has 1 aliphatic rings. The van der Waals surface area contributed by atoms with Crippen LogP contribution in [0.15, 0.2) is 67.3 Å². The first-order valence-electron chi connectivity index (χ1n) is 34.4. The molecule has 576 valence electrons. The maximum absolute atomic E-state index is 14.6. The van der Waals surface area contributed by atoms with Crippen LogP contribution in [0.5, 0.6) is 5.75 Å². The summed E-state index contributed by atoms with van der Waals surface area (Å²) in [6.45, 7) is 8.12. The Morgan fingerprint density at radius 1 is 0.610 bits per heavy atom. The number of carbonyl (C=O) groups is 14. The zero-order valence-electron chi connectivity index (χ0n) is 59.9. The number of thioether (sulfide) groups is 1. The summed E-state index contributed by atoms with van der Waals surface area (Å²) in [5.74, 6) is -11.2. The van der Waals surface area contributed by atoms with Crippen LogP contribution in [0.3, 0.4) is 0 Å². The van der Waals surface area contributed by atoms with E-state index in [4.69, 9.17) is 21.9 Å². The number of carboxylic acids is 3. The fourth-order valence-corrected chi connectivity index (χ4v) is 11.8. The van der Waals surface area contributed by atoms with Gasteiger partial charge in [0.05, 0.1) is 57.2 Å². The third kappa shape index (κ3) is 29.9. The first-order valence-corrected chi connectivity index (χ1v) is 35.8. The SMILES string of the molecule is CSCC[C@H](NC(=O)[C@H](CC(C)C)NC(=O)[C@H](Cc1cnc[nH]1)NC(=O)CNC(=O)[C@@H](NC(=O)[C@H](C)NC(=O)[C@H](Cc1cn(C(=O)[C@@H](N)CCC(N)=O)c2ccccc12)NC(=O)c1ccc(OCCNC(=O)CN2CCN(CC(=O)O)CCN(CC(=O)O)CCN(CC(=O)O)CC2)cc1)C(C)C)C(N)=O. The minimum atomic E-state index is -1.47. The van der Waals surface area contributed by atoms with Crippen LogP contribution in [0.2, 0.25) is 0 Å². The second kappa shape index (κ2) is 43.3. The molecule has 2 aromatic heterocycles. The van der Waals surface area contributed by atoms with Crippen LogP contribution in [0.1, 0.15) is 86.7 Å². The standard InChI is InChI=1S/C68H100N18O18S/c1-40(2)29-50(65(100)78-49(61(71)96)17-28-105-6)80-66(101)52(31-45-32-72-39-75-45)77-55(88)33-74-67(102)60(41(3)4)81-62(97)42(5)76-64(99)51(30-44-34-86(53-10-8-7-9-47(44)53)68(103)48(69)15-16-54(70)87)79-63(98)43-11-13-46(14-12-43)104-27-18-73-56(89)35-82-19-21-83(36-57(90)91)23-25-85(38-59(94)95)26-24-84(22-20-82)37-58(92)93/h7-14,32,34,39-42,48-52,60H,15-31,33,35-38,69H2,1-6H3,(H2,70,87)(H2,71,96)(H,72,75)(H,73,89)(H,74,102)(H,76,99)(H,77,88)(H,78,100)(H,79,98)(H,80,101)(H,81,97)(H,90,91)(H,92,93)(H,94,95)/t42-,48-,49-,50-,51-,52-,60-/m0/s1. The summed E-state index contributed by atoms with van der Waals surface area (Å²) < 4.78 is 7.15. The van der Waals surface area contributed by atoms with Crippen molar-refractivity contribution in [1.82, 2.24) is 76.7 Å². The smallest absolute Gasteiger partial charge is 0.317 e. The molecule has 2 aromatic carbocycles. The summed E-state index contributed by atoms with van der Waals surface area (Å²) >= 11 is 1.45. The molecule has 0 radical (unpaired) electrons. The van der Waals surface area contributed by atoms with E-state index in [9.17, 15) is 82.4 Å². The average Bonchev–Trinajstić information content (AvgIpc) is 1.64. The molecule has 0 unspecified atom stereocenters. The Kier molecular flexibility index (Phi) is 35.2. The summed E-state index contributed by atoms with van der Waals surface area (Å²) in [7, 11) is 0. The minimum absolute atomic E-state index is 0.0222. The summed E-state index contributed by atoms with van der Waals surface area (Å²) in [5, 5.41) is 50.3. The van der Waals surface area contributed by atoms with Crippen molar-refractivity contribution < 1.29 is 87.2 Å². The third-order valence-corrected chi connectivity index (χ3v) is 17.6. The van der Waals surface area contributed by atoms with E-state index in [0.29, 0.717) is 27.9 Å². The number of ether oxygens (including phenoxy) is 1. The molecule has 36 nitrogen and oxygen atoms in total. The molecule has 1 aliphatic heterocycles. The topological polar surface area (TPSA) is 530 Å². The van der Waals surface area contributed by atoms with Gasteiger partial charge in [-0.1, -0.05) is 45.9 Å². The predicted octanol–water partition coefficient (Wildman–Crippen LogP) is -3.35. The second-order valence-electron chi connectivity index (χ2n) is 26.2. The molecule has 10 amide bonds. The number of nitrogens with two attached hydrogens (primary N) is 3. The molecule has 0 bridgehead atoms. The summed E-state index contributed by atoms with van der Waals surface area (Å²) in [6, 6.07) is 3.66. The number of carboxylic acid groups (broad SMARTS) is 3. The number of hydrogen-bond donors (Lipinski definition) is 15. The highest BCUT2D eigenvalue weighted by molar-refractivity contribution is 7.98. The highest BCUT2D eigenvalue weighted by Crippen LogP contribution is 2.24. The van der Waals surface area contributed by atoms with Gasteiger partial charge in [-0.05, 0) is 85.9 Å². The Bertz CT molecular complexity index is 3600. The quantitative estimate of drug-likeness (QED) is 0.0193. The highest BCUT2D eigenvalue weighted by atomic mass is 32.2. The van der Waals surface area contributed by atoms with Crippen molar-refractivity contribution >= 4 is 106 Å². The fraction of sp³-hybridized carbons (Fsp3) is 0.544. The molecule has 4 aromatic rings. The van der Waals surface area contributed by atoms with E-state index in [1.807, 2.05) is 20.1 Å². The zero-order valence-corrected chi connectivity index (χ0v) is 60.7. The van der Waals surface area contributed by atoms with Crippen molar-refractivity contribution in [2.45, 2.75) is 115 Å². The number of amides is 10. The lowest BCUT2D eigenvalue weighted by atomic mass is 10.0. The molecule has 5 rings (SSSR count). The average molecular weight is 1490 g/mol. The maximum atomic E-state index is 14.6. The van der Waals surface area contributed by atoms with Gasteiger partial charge in [-0.2, -0.15) is 11.8 Å². The predicted molar refractivity (Wildman–Crippen MR) is 385 cm³/mol. The Hall–Kier alpha value is -10.1. The van der Waals surface area contributed by atoms with E-state index in [0.717, 1.165) is 0 Å². The molecule has 0 saturated carbocycles. The number of rotatable bonds is 41. The largest absolute Gasteiger partial charge is 0.492 e. The minimum Gasteiger partial charge on any atom is -0.492 e. The highest BCUT2D eigenvalue weighted by Gasteiger charge is 2.34. The van der Waals surface area contributed by atoms with Crippen LogP contribution in [0.25, 0.3) is 10.9 Å². The number of nitrogens with zero attached hydrogens (tertiary/aromatic N) is 6. The van der Waals surface area contributed by atoms with Gasteiger partial charge in [-0.25, -0.2) is 4.98 Å². The van der Waals surface area contributed by atoms with Crippen molar-refractivity contribution in [3.05, 3.63) is 84.1 Å². The van der Waals surface area contributed by atoms with Crippen molar-refractivity contribution in [3.8, 4) is 5.75 Å². The van der Waals surface area contributed by atoms with Gasteiger partial charge in [0.1, 0.15) is 48.6 Å². The number of benzene rings is 2. The molecule has 37 heteroatoms. The molecular weight excluding hydrogens is 1390 g/mol. The zero-order chi connectivity index (χ0) is 77.4. The van der Waals surface area contributed by atoms with Gasteiger partial charge in [0.2, 0.25) is 59.1 Å². The molecule has 3 heterocycles. The number of aromatic amines is 1. The fourth-order valence-electron chi connectivity index (χ4n) is 11.3. The van der Waals surface area contributed by atoms with Crippen LogP contribution in [0.4, 0.5) is 0 Å². The summed E-state index contributed by atoms with van der Waals surface area (Å²) in [6.07, 6.45) is 5.85. The van der Waals surface area contributed by atoms with E-state index < -0.39 is 138 Å². The van der Waals surface area contributed by atoms with Crippen LogP contribution >= 0.6 is 11.8 Å². The van der Waals surface area contributed by atoms with Gasteiger partial charge in [-0.15, -0.1) is 0 Å². The van der Waals surface area contributed by atoms with E-state index in [1.165, 1.54) is 66.2 Å². The van der Waals surface area contributed by atoms with Crippen molar-refractivity contribution in [2.75, 3.05) is 110 Å². The van der Waals surface area contributed by atoms with E-state index in [-0.39, 0.29) is 147 Å². The number of fused-ring (bicyclic) bond motifs is 1. The molecule has 0 spiro atoms. The Morgan fingerprint density at radius 2 is 1.16 bits per heavy atom. The Morgan fingerprint density at radius 3 is 1.70 bits per heavy atom. The molecule has 1 saturated heterocycles. The van der Waals surface area contributed by atoms with E-state index >= 15 is 0 Å². The number of aliphatic carboxylic acids is 3. The number of para-hydroxylation sites is 1. The second-order valence-corrected chi connectivity index (χ2v) is 27.2. The van der Waals surface area contributed by atoms with Gasteiger partial charge < -0.3 is 84.8 Å². The number of H-pyrrole nitrogens is 1. The van der Waals surface area contributed by atoms with Crippen molar-refractivity contribution in [1.29, 1.82) is 0 Å². The number of imidazole rings is 1. The third-order valence-electron chi connectivity index (χ3n) is 16.9. The molecule has 105 heavy (non-hydrogen) atoms. The monoisotopic (exact) mass is 1490 g/mol. The van der Waals surface area contributed by atoms with Crippen LogP contribution < -0.4 is 64.5 Å². The lowest BCUT2D eigenvalue weighted by molar-refractivity contribution is -0.140. The van der Waals surface area contributed by atoms with Gasteiger partial charge in [-0.3, -0.25) is 91.3 Å². The molecule has 18 N–H and O–H groups in total. The normalized spacial score (nSPS) is 15.6. The number of nitrogens with one attached hydrogen (secondary N) is 9. The summed E-state index contributed by atoms with van der Waals surface area (Å²) in [4.78, 5) is 197. The lowest BCUT2D eigenvalue weighted by Gasteiger charge is -2.32. The first kappa shape index (κ1) is 85.6. The number of primary amides is 2. The Labute approximate surface area is 611 Å². The maximum Gasteiger partial charge on any atom is 0.317 e. The van der Waals surface area contributed by atoms with Crippen LogP contribution in [-0.2, 0) is 70.4 Å². The number of carbonyl (C=O) groups excluding carboxylic acids is 11. The lowest BCUT2D eigenvalue weighted by Crippen LogP contribution is -2.59. The number of hydrogen-bond acceptors (Lipinski definition) is 22. The van der Waals surface area contributed by atoms with Crippen molar-refractivity contribution in [3.63, 3.8) is 0 Å². The van der Waals surface area contributed by atoms with E-state index in [1.54, 1.807) is 57.7 Å². The van der Waals surface area contributed by atoms with Gasteiger partial charge in [0.25, 0.3) is 5.91 Å². The molecular formula is C68H100N18O18S. The van der Waals surface area contributed by atoms with Gasteiger partial charge in [0, 0.05) is 101 Å². The molecule has 7 atom stereocenters. The number of aromatic nitrogens is 3. The van der Waals surface area contributed by atoms with Crippen molar-refractivity contribution in [2.24, 2.45) is 29.0 Å². The van der Waals surface area contributed by atoms with Gasteiger partial charge in [0.15, 0.2) is 0 Å². The van der Waals surface area contributed by atoms with Crippen LogP contribution in [0, 0.1) is 11.8 Å².